The van der Waals surface area contributed by atoms with Crippen molar-refractivity contribution < 1.29 is 4.79 Å². The Bertz CT molecular complexity index is 481. The van der Waals surface area contributed by atoms with Crippen LogP contribution in [0.25, 0.3) is 0 Å². The van der Waals surface area contributed by atoms with E-state index in [2.05, 4.69) is 27.8 Å². The van der Waals surface area contributed by atoms with E-state index in [1.807, 2.05) is 18.2 Å². The van der Waals surface area contributed by atoms with Gasteiger partial charge in [0.15, 0.2) is 5.96 Å². The van der Waals surface area contributed by atoms with Crippen molar-refractivity contribution in [2.24, 2.45) is 10.7 Å². The number of hydrogen-bond acceptors (Lipinski definition) is 2. The number of nitrogens with two attached hydrogens (primary N) is 1. The lowest BCUT2D eigenvalue weighted by atomic mass is 9.96. The second-order valence-electron chi connectivity index (χ2n) is 5.77. The second-order valence-corrected chi connectivity index (χ2v) is 5.77. The molecule has 2 rings (SSSR count). The Morgan fingerprint density at radius 2 is 1.91 bits per heavy atom. The fraction of sp³-hybridized carbons (Fsp3) is 0.529. The number of amides is 1. The zero-order valence-electron chi connectivity index (χ0n) is 13.1. The summed E-state index contributed by atoms with van der Waals surface area (Å²) in [5, 5.41) is 6.06. The molecule has 120 valence electrons. The van der Waals surface area contributed by atoms with Gasteiger partial charge in [0.1, 0.15) is 6.54 Å². The first-order valence-corrected chi connectivity index (χ1v) is 8.11. The molecule has 0 atom stereocenters. The average molecular weight is 302 g/mol. The minimum atomic E-state index is -0.0932. The quantitative estimate of drug-likeness (QED) is 0.551. The third kappa shape index (κ3) is 6.16. The molecule has 1 aromatic rings. The molecule has 5 heteroatoms. The summed E-state index contributed by atoms with van der Waals surface area (Å²) in [5.74, 6) is 0.287. The summed E-state index contributed by atoms with van der Waals surface area (Å²) in [7, 11) is 0. The lowest BCUT2D eigenvalue weighted by molar-refractivity contribution is -0.119. The third-order valence-electron chi connectivity index (χ3n) is 3.93. The van der Waals surface area contributed by atoms with E-state index in [4.69, 9.17) is 5.73 Å². The van der Waals surface area contributed by atoms with Gasteiger partial charge in [-0.25, -0.2) is 4.99 Å². The Morgan fingerprint density at radius 3 is 2.64 bits per heavy atom. The highest BCUT2D eigenvalue weighted by Gasteiger charge is 2.13. The predicted octanol–water partition coefficient (Wildman–Crippen LogP) is 1.58. The van der Waals surface area contributed by atoms with Gasteiger partial charge in [-0.2, -0.15) is 0 Å². The summed E-state index contributed by atoms with van der Waals surface area (Å²) in [5.41, 5.74) is 7.04. The van der Waals surface area contributed by atoms with Crippen LogP contribution in [0.2, 0.25) is 0 Å². The summed E-state index contributed by atoms with van der Waals surface area (Å²) < 4.78 is 0. The third-order valence-corrected chi connectivity index (χ3v) is 3.93. The molecular weight excluding hydrogens is 276 g/mol. The van der Waals surface area contributed by atoms with Gasteiger partial charge in [0.2, 0.25) is 5.91 Å². The van der Waals surface area contributed by atoms with E-state index in [9.17, 15) is 4.79 Å². The number of aliphatic imine (C=N–C) groups is 1. The number of carbonyl (C=O) groups excluding carboxylic acids is 1. The minimum Gasteiger partial charge on any atom is -0.370 e. The molecule has 0 saturated heterocycles. The first-order valence-electron chi connectivity index (χ1n) is 8.11. The Hall–Kier alpha value is -2.04. The molecule has 4 N–H and O–H groups in total. The number of rotatable bonds is 6. The Balaban J connectivity index is 1.62. The zero-order chi connectivity index (χ0) is 15.6. The van der Waals surface area contributed by atoms with Gasteiger partial charge in [-0.15, -0.1) is 0 Å². The van der Waals surface area contributed by atoms with Crippen LogP contribution in [-0.4, -0.2) is 31.0 Å². The van der Waals surface area contributed by atoms with Gasteiger partial charge >= 0.3 is 0 Å². The fourth-order valence-corrected chi connectivity index (χ4v) is 2.71. The molecule has 0 bridgehead atoms. The van der Waals surface area contributed by atoms with E-state index >= 15 is 0 Å². The maximum absolute atomic E-state index is 11.7. The highest BCUT2D eigenvalue weighted by Crippen LogP contribution is 2.16. The van der Waals surface area contributed by atoms with Gasteiger partial charge in [0.25, 0.3) is 0 Å². The summed E-state index contributed by atoms with van der Waals surface area (Å²) in [4.78, 5) is 15.8. The number of benzene rings is 1. The molecule has 1 aliphatic rings. The van der Waals surface area contributed by atoms with Crippen LogP contribution >= 0.6 is 0 Å². The van der Waals surface area contributed by atoms with Crippen LogP contribution < -0.4 is 16.4 Å². The highest BCUT2D eigenvalue weighted by atomic mass is 16.1. The molecule has 1 fully saturated rings. The standard InChI is InChI=1S/C17H26N4O/c18-17(21-15-9-5-2-6-10-15)20-13-16(22)19-12-11-14-7-3-1-4-8-14/h1,3-4,7-8,15H,2,5-6,9-13H2,(H,19,22)(H3,18,20,21). The summed E-state index contributed by atoms with van der Waals surface area (Å²) >= 11 is 0. The van der Waals surface area contributed by atoms with Crippen LogP contribution in [0.4, 0.5) is 0 Å². The van der Waals surface area contributed by atoms with Crippen molar-refractivity contribution in [1.29, 1.82) is 0 Å². The average Bonchev–Trinajstić information content (AvgIpc) is 2.55. The fourth-order valence-electron chi connectivity index (χ4n) is 2.71. The van der Waals surface area contributed by atoms with Crippen LogP contribution in [0.3, 0.4) is 0 Å². The molecule has 1 saturated carbocycles. The Kier molecular flexibility index (Phi) is 6.74. The van der Waals surface area contributed by atoms with Crippen molar-refractivity contribution in [3.63, 3.8) is 0 Å². The molecule has 0 aliphatic heterocycles. The van der Waals surface area contributed by atoms with Crippen molar-refractivity contribution in [1.82, 2.24) is 10.6 Å². The van der Waals surface area contributed by atoms with Crippen molar-refractivity contribution in [3.05, 3.63) is 35.9 Å². The number of hydrogen-bond donors (Lipinski definition) is 3. The van der Waals surface area contributed by atoms with E-state index in [-0.39, 0.29) is 12.5 Å². The summed E-state index contributed by atoms with van der Waals surface area (Å²) in [6, 6.07) is 10.5. The largest absolute Gasteiger partial charge is 0.370 e. The maximum Gasteiger partial charge on any atom is 0.241 e. The molecule has 0 spiro atoms. The first kappa shape index (κ1) is 16.3. The van der Waals surface area contributed by atoms with Crippen molar-refractivity contribution in [3.8, 4) is 0 Å². The van der Waals surface area contributed by atoms with E-state index in [1.165, 1.54) is 24.8 Å². The van der Waals surface area contributed by atoms with Crippen LogP contribution in [-0.2, 0) is 11.2 Å². The van der Waals surface area contributed by atoms with Crippen LogP contribution in [0.1, 0.15) is 37.7 Å². The highest BCUT2D eigenvalue weighted by molar-refractivity contribution is 5.84. The van der Waals surface area contributed by atoms with E-state index in [0.29, 0.717) is 18.5 Å². The molecule has 1 aromatic carbocycles. The number of nitrogens with one attached hydrogen (secondary N) is 2. The predicted molar refractivity (Wildman–Crippen MR) is 89.7 cm³/mol. The molecule has 0 aromatic heterocycles. The Morgan fingerprint density at radius 1 is 1.18 bits per heavy atom. The van der Waals surface area contributed by atoms with Gasteiger partial charge in [-0.3, -0.25) is 4.79 Å². The summed E-state index contributed by atoms with van der Waals surface area (Å²) in [6.07, 6.45) is 6.89. The van der Waals surface area contributed by atoms with E-state index < -0.39 is 0 Å². The van der Waals surface area contributed by atoms with Gasteiger partial charge in [-0.1, -0.05) is 49.6 Å². The van der Waals surface area contributed by atoms with E-state index in [1.54, 1.807) is 0 Å². The van der Waals surface area contributed by atoms with Crippen molar-refractivity contribution in [2.75, 3.05) is 13.1 Å². The SMILES string of the molecule is NC(=NCC(=O)NCCc1ccccc1)NC1CCCCC1. The first-order chi connectivity index (χ1) is 10.7. The minimum absolute atomic E-state index is 0.0837. The molecular formula is C17H26N4O. The zero-order valence-corrected chi connectivity index (χ0v) is 13.1. The molecule has 0 unspecified atom stereocenters. The lowest BCUT2D eigenvalue weighted by Gasteiger charge is -2.23. The molecule has 5 nitrogen and oxygen atoms in total. The van der Waals surface area contributed by atoms with Gasteiger partial charge in [0, 0.05) is 12.6 Å². The Labute approximate surface area is 132 Å². The van der Waals surface area contributed by atoms with Crippen LogP contribution in [0.5, 0.6) is 0 Å². The lowest BCUT2D eigenvalue weighted by Crippen LogP contribution is -2.41. The second kappa shape index (κ2) is 9.07. The van der Waals surface area contributed by atoms with Crippen LogP contribution in [0, 0.1) is 0 Å². The van der Waals surface area contributed by atoms with Gasteiger partial charge in [0.05, 0.1) is 0 Å². The normalized spacial score (nSPS) is 16.3. The monoisotopic (exact) mass is 302 g/mol. The molecule has 0 heterocycles. The van der Waals surface area contributed by atoms with Gasteiger partial charge < -0.3 is 16.4 Å². The number of carbonyl (C=O) groups is 1. The van der Waals surface area contributed by atoms with Crippen LogP contribution in [0.15, 0.2) is 35.3 Å². The summed E-state index contributed by atoms with van der Waals surface area (Å²) in [6.45, 7) is 0.703. The smallest absolute Gasteiger partial charge is 0.241 e. The molecule has 0 radical (unpaired) electrons. The molecule has 22 heavy (non-hydrogen) atoms. The molecule has 1 amide bonds. The molecule has 1 aliphatic carbocycles. The maximum atomic E-state index is 11.7. The van der Waals surface area contributed by atoms with Gasteiger partial charge in [-0.05, 0) is 24.8 Å². The van der Waals surface area contributed by atoms with Crippen molar-refractivity contribution in [2.45, 2.75) is 44.6 Å². The van der Waals surface area contributed by atoms with Crippen molar-refractivity contribution >= 4 is 11.9 Å². The number of guanidine groups is 1. The topological polar surface area (TPSA) is 79.5 Å². The van der Waals surface area contributed by atoms with E-state index in [0.717, 1.165) is 19.3 Å². The number of nitrogens with zero attached hydrogens (tertiary/aromatic N) is 1.